The zero-order valence-corrected chi connectivity index (χ0v) is 13.2. The van der Waals surface area contributed by atoms with Crippen LogP contribution in [0.25, 0.3) is 22.6 Å². The van der Waals surface area contributed by atoms with Crippen LogP contribution in [-0.2, 0) is 16.1 Å². The van der Waals surface area contributed by atoms with Gasteiger partial charge in [0, 0.05) is 18.9 Å². The Balaban J connectivity index is 1.78. The summed E-state index contributed by atoms with van der Waals surface area (Å²) in [5.41, 5.74) is 4.20. The lowest BCUT2D eigenvalue weighted by molar-refractivity contribution is 0.137. The molecular weight excluding hydrogens is 308 g/mol. The van der Waals surface area contributed by atoms with Gasteiger partial charge in [0.15, 0.2) is 5.82 Å². The number of amides is 1. The smallest absolute Gasteiger partial charge is 0.414 e. The van der Waals surface area contributed by atoms with Crippen LogP contribution in [0.5, 0.6) is 0 Å². The third-order valence-electron chi connectivity index (χ3n) is 3.97. The maximum Gasteiger partial charge on any atom is 0.414 e. The number of nitrogens with zero attached hydrogens (tertiary/aromatic N) is 3. The first-order chi connectivity index (χ1) is 11.8. The first kappa shape index (κ1) is 14.6. The molecule has 0 saturated carbocycles. The molecule has 1 N–H and O–H groups in total. The monoisotopic (exact) mass is 324 g/mol. The van der Waals surface area contributed by atoms with E-state index in [-0.39, 0.29) is 12.7 Å². The Kier molecular flexibility index (Phi) is 3.62. The Morgan fingerprint density at radius 2 is 2.29 bits per heavy atom. The van der Waals surface area contributed by atoms with Gasteiger partial charge in [-0.25, -0.2) is 9.78 Å². The number of methoxy groups -OCH3 is 1. The number of nitrogens with one attached hydrogen (secondary N) is 1. The molecule has 0 aliphatic carbocycles. The van der Waals surface area contributed by atoms with Crippen LogP contribution in [-0.4, -0.2) is 41.3 Å². The maximum atomic E-state index is 12.0. The number of hydrogen-bond donors (Lipinski definition) is 1. The molecule has 0 radical (unpaired) electrons. The van der Waals surface area contributed by atoms with Gasteiger partial charge < -0.3 is 14.5 Å². The number of pyridine rings is 1. The Hall–Kier alpha value is -2.93. The molecule has 7 heteroatoms. The van der Waals surface area contributed by atoms with Crippen molar-refractivity contribution in [1.29, 1.82) is 0 Å². The molecule has 0 saturated heterocycles. The largest absolute Gasteiger partial charge is 0.444 e. The molecule has 0 unspecified atom stereocenters. The summed E-state index contributed by atoms with van der Waals surface area (Å²) in [5, 5.41) is 0. The van der Waals surface area contributed by atoms with E-state index in [9.17, 15) is 4.79 Å². The predicted molar refractivity (Wildman–Crippen MR) is 88.7 cm³/mol. The van der Waals surface area contributed by atoms with Gasteiger partial charge in [-0.1, -0.05) is 6.07 Å². The van der Waals surface area contributed by atoms with Gasteiger partial charge in [-0.3, -0.25) is 9.88 Å². The third-order valence-corrected chi connectivity index (χ3v) is 3.97. The minimum atomic E-state index is -0.362. The number of H-pyrrole nitrogens is 1. The van der Waals surface area contributed by atoms with E-state index >= 15 is 0 Å². The second-order valence-corrected chi connectivity index (χ2v) is 5.50. The van der Waals surface area contributed by atoms with Gasteiger partial charge in [0.2, 0.25) is 0 Å². The molecule has 4 rings (SSSR count). The number of benzene rings is 1. The highest BCUT2D eigenvalue weighted by atomic mass is 16.6. The number of cyclic esters (lactones) is 1. The van der Waals surface area contributed by atoms with Gasteiger partial charge in [0.1, 0.15) is 12.3 Å². The van der Waals surface area contributed by atoms with Gasteiger partial charge in [0.05, 0.1) is 29.9 Å². The molecule has 0 atom stereocenters. The first-order valence-electron chi connectivity index (χ1n) is 7.63. The fourth-order valence-electron chi connectivity index (χ4n) is 2.79. The average molecular weight is 324 g/mol. The highest BCUT2D eigenvalue weighted by Gasteiger charge is 2.26. The van der Waals surface area contributed by atoms with E-state index in [1.54, 1.807) is 18.2 Å². The van der Waals surface area contributed by atoms with Crippen LogP contribution < -0.4 is 4.90 Å². The second kappa shape index (κ2) is 5.93. The van der Waals surface area contributed by atoms with Gasteiger partial charge >= 0.3 is 6.09 Å². The summed E-state index contributed by atoms with van der Waals surface area (Å²) in [7, 11) is 1.60. The normalized spacial score (nSPS) is 13.9. The zero-order chi connectivity index (χ0) is 16.5. The number of ether oxygens (including phenoxy) is 2. The van der Waals surface area contributed by atoms with Gasteiger partial charge in [-0.2, -0.15) is 0 Å². The molecule has 3 aromatic rings. The molecular formula is C17H16N4O3. The summed E-state index contributed by atoms with van der Waals surface area (Å²) in [4.78, 5) is 25.8. The molecule has 1 aromatic carbocycles. The summed E-state index contributed by atoms with van der Waals surface area (Å²) in [6.45, 7) is 1.13. The Morgan fingerprint density at radius 3 is 3.08 bits per heavy atom. The summed E-state index contributed by atoms with van der Waals surface area (Å²) in [6.07, 6.45) is 1.37. The van der Waals surface area contributed by atoms with Crippen LogP contribution in [0.15, 0.2) is 36.5 Å². The second-order valence-electron chi connectivity index (χ2n) is 5.50. The fraction of sp³-hybridized carbons (Fsp3) is 0.235. The molecule has 122 valence electrons. The maximum absolute atomic E-state index is 12.0. The molecule has 3 heterocycles. The topological polar surface area (TPSA) is 80.3 Å². The number of imidazole rings is 1. The van der Waals surface area contributed by atoms with E-state index in [0.717, 1.165) is 28.0 Å². The van der Waals surface area contributed by atoms with Crippen molar-refractivity contribution in [2.24, 2.45) is 0 Å². The molecule has 7 nitrogen and oxygen atoms in total. The number of aromatic nitrogens is 3. The number of fused-ring (bicyclic) bond motifs is 2. The van der Waals surface area contributed by atoms with E-state index in [2.05, 4.69) is 15.0 Å². The molecule has 24 heavy (non-hydrogen) atoms. The van der Waals surface area contributed by atoms with Crippen molar-refractivity contribution in [3.05, 3.63) is 42.1 Å². The predicted octanol–water partition coefficient (Wildman–Crippen LogP) is 2.73. The van der Waals surface area contributed by atoms with Crippen LogP contribution in [0.3, 0.4) is 0 Å². The van der Waals surface area contributed by atoms with Crippen molar-refractivity contribution >= 4 is 22.8 Å². The summed E-state index contributed by atoms with van der Waals surface area (Å²) >= 11 is 0. The van der Waals surface area contributed by atoms with Crippen LogP contribution in [0.4, 0.5) is 10.5 Å². The van der Waals surface area contributed by atoms with Crippen LogP contribution in [0.1, 0.15) is 5.56 Å². The number of carbonyl (C=O) groups excluding carboxylic acids is 1. The Bertz CT molecular complexity index is 891. The lowest BCUT2D eigenvalue weighted by Gasteiger charge is -2.28. The van der Waals surface area contributed by atoms with Crippen molar-refractivity contribution in [1.82, 2.24) is 15.0 Å². The van der Waals surface area contributed by atoms with Gasteiger partial charge in [-0.15, -0.1) is 0 Å². The van der Waals surface area contributed by atoms with Crippen molar-refractivity contribution < 1.29 is 14.3 Å². The molecule has 1 amide bonds. The van der Waals surface area contributed by atoms with Crippen molar-refractivity contribution in [2.75, 3.05) is 25.2 Å². The molecule has 1 aliphatic heterocycles. The Labute approximate surface area is 138 Å². The van der Waals surface area contributed by atoms with Crippen molar-refractivity contribution in [3.8, 4) is 11.5 Å². The SMILES string of the molecule is COCCN1C(=O)OCc2cc3[nH]c(-c4ccccn4)nc3cc21. The van der Waals surface area contributed by atoms with Crippen molar-refractivity contribution in [2.45, 2.75) is 6.61 Å². The lowest BCUT2D eigenvalue weighted by atomic mass is 10.1. The molecule has 0 bridgehead atoms. The summed E-state index contributed by atoms with van der Waals surface area (Å²) in [5.74, 6) is 0.698. The minimum absolute atomic E-state index is 0.255. The number of rotatable bonds is 4. The number of hydrogen-bond acceptors (Lipinski definition) is 5. The quantitative estimate of drug-likeness (QED) is 0.798. The highest BCUT2D eigenvalue weighted by Crippen LogP contribution is 2.31. The standard InChI is InChI=1S/C17H16N4O3/c1-23-7-6-21-15-9-14-13(8-11(15)10-24-17(21)22)19-16(20-14)12-4-2-3-5-18-12/h2-5,8-9H,6-7,10H2,1H3,(H,19,20). The zero-order valence-electron chi connectivity index (χ0n) is 13.2. The number of anilines is 1. The van der Waals surface area contributed by atoms with E-state index < -0.39 is 0 Å². The van der Waals surface area contributed by atoms with E-state index in [0.29, 0.717) is 19.0 Å². The molecule has 2 aromatic heterocycles. The van der Waals surface area contributed by atoms with E-state index in [1.807, 2.05) is 30.3 Å². The number of aromatic amines is 1. The van der Waals surface area contributed by atoms with Gasteiger partial charge in [0.25, 0.3) is 0 Å². The van der Waals surface area contributed by atoms with Crippen LogP contribution in [0, 0.1) is 0 Å². The summed E-state index contributed by atoms with van der Waals surface area (Å²) in [6, 6.07) is 9.55. The fourth-order valence-corrected chi connectivity index (χ4v) is 2.79. The average Bonchev–Trinajstić information content (AvgIpc) is 3.03. The van der Waals surface area contributed by atoms with Crippen molar-refractivity contribution in [3.63, 3.8) is 0 Å². The molecule has 1 aliphatic rings. The minimum Gasteiger partial charge on any atom is -0.444 e. The van der Waals surface area contributed by atoms with Crippen LogP contribution in [0.2, 0.25) is 0 Å². The summed E-state index contributed by atoms with van der Waals surface area (Å²) < 4.78 is 10.3. The molecule has 0 spiro atoms. The van der Waals surface area contributed by atoms with E-state index in [4.69, 9.17) is 9.47 Å². The third kappa shape index (κ3) is 2.48. The molecule has 0 fully saturated rings. The highest BCUT2D eigenvalue weighted by molar-refractivity contribution is 5.94. The van der Waals surface area contributed by atoms with Gasteiger partial charge in [-0.05, 0) is 24.3 Å². The van der Waals surface area contributed by atoms with E-state index in [1.165, 1.54) is 0 Å². The first-order valence-corrected chi connectivity index (χ1v) is 7.63. The lowest BCUT2D eigenvalue weighted by Crippen LogP contribution is -2.38. The van der Waals surface area contributed by atoms with Crippen LogP contribution >= 0.6 is 0 Å². The number of carbonyl (C=O) groups is 1. The Morgan fingerprint density at radius 1 is 1.38 bits per heavy atom.